The first-order valence-electron chi connectivity index (χ1n) is 6.63. The fourth-order valence-electron chi connectivity index (χ4n) is 2.11. The van der Waals surface area contributed by atoms with Gasteiger partial charge in [0.15, 0.2) is 5.76 Å². The SMILES string of the molecule is COC1=CC=CC(=Cc2c(O)nc3nc(C)c(C)nn23)C1=O. The molecular formula is C15H14N4O3. The second-order valence-electron chi connectivity index (χ2n) is 4.84. The average molecular weight is 298 g/mol. The Labute approximate surface area is 126 Å². The zero-order valence-corrected chi connectivity index (χ0v) is 12.4. The Morgan fingerprint density at radius 3 is 2.77 bits per heavy atom. The summed E-state index contributed by atoms with van der Waals surface area (Å²) in [5, 5.41) is 14.3. The molecule has 2 aromatic heterocycles. The van der Waals surface area contributed by atoms with E-state index in [1.54, 1.807) is 18.2 Å². The van der Waals surface area contributed by atoms with Gasteiger partial charge in [-0.15, -0.1) is 0 Å². The molecule has 2 aromatic rings. The number of nitrogens with zero attached hydrogens (tertiary/aromatic N) is 4. The molecule has 0 radical (unpaired) electrons. The summed E-state index contributed by atoms with van der Waals surface area (Å²) in [5.74, 6) is 0.0192. The summed E-state index contributed by atoms with van der Waals surface area (Å²) in [6, 6.07) is 0. The normalized spacial score (nSPS) is 16.4. The standard InChI is InChI=1S/C15H14N4O3/c1-8-9(2)18-19-11(14(21)17-15(19)16-8)7-10-5-4-6-12(22-3)13(10)20/h4-7,21H,1-3H3. The van der Waals surface area contributed by atoms with Crippen molar-refractivity contribution >= 4 is 17.6 Å². The fourth-order valence-corrected chi connectivity index (χ4v) is 2.11. The zero-order valence-electron chi connectivity index (χ0n) is 12.4. The number of carbonyl (C=O) groups is 1. The van der Waals surface area contributed by atoms with E-state index in [0.717, 1.165) is 5.69 Å². The summed E-state index contributed by atoms with van der Waals surface area (Å²) in [4.78, 5) is 20.4. The van der Waals surface area contributed by atoms with Crippen LogP contribution in [0.25, 0.3) is 11.9 Å². The smallest absolute Gasteiger partial charge is 0.254 e. The molecule has 1 N–H and O–H groups in total. The van der Waals surface area contributed by atoms with E-state index in [1.807, 2.05) is 13.8 Å². The molecule has 112 valence electrons. The second-order valence-corrected chi connectivity index (χ2v) is 4.84. The zero-order chi connectivity index (χ0) is 15.9. The number of Topliss-reactive ketones (excluding diaryl/α,β-unsaturated/α-hetero) is 1. The van der Waals surface area contributed by atoms with E-state index in [9.17, 15) is 9.90 Å². The molecule has 1 aliphatic carbocycles. The van der Waals surface area contributed by atoms with Crippen LogP contribution in [-0.4, -0.2) is 37.6 Å². The van der Waals surface area contributed by atoms with Crippen molar-refractivity contribution in [2.45, 2.75) is 13.8 Å². The molecule has 3 rings (SSSR count). The highest BCUT2D eigenvalue weighted by Crippen LogP contribution is 2.23. The van der Waals surface area contributed by atoms with Crippen LogP contribution < -0.4 is 0 Å². The minimum atomic E-state index is -0.267. The summed E-state index contributed by atoms with van der Waals surface area (Å²) in [5.41, 5.74) is 2.12. The molecule has 2 heterocycles. The minimum Gasteiger partial charge on any atom is -0.493 e. The summed E-state index contributed by atoms with van der Waals surface area (Å²) < 4.78 is 6.43. The van der Waals surface area contributed by atoms with Crippen molar-refractivity contribution < 1.29 is 14.6 Å². The van der Waals surface area contributed by atoms with Crippen LogP contribution in [0, 0.1) is 13.8 Å². The van der Waals surface area contributed by atoms with E-state index in [-0.39, 0.29) is 23.2 Å². The summed E-state index contributed by atoms with van der Waals surface area (Å²) in [7, 11) is 1.43. The number of fused-ring (bicyclic) bond motifs is 1. The third-order valence-electron chi connectivity index (χ3n) is 3.42. The van der Waals surface area contributed by atoms with Gasteiger partial charge in [0, 0.05) is 5.57 Å². The van der Waals surface area contributed by atoms with Gasteiger partial charge < -0.3 is 9.84 Å². The Hall–Kier alpha value is -2.96. The van der Waals surface area contributed by atoms with Gasteiger partial charge in [-0.25, -0.2) is 4.98 Å². The van der Waals surface area contributed by atoms with E-state index in [4.69, 9.17) is 4.74 Å². The van der Waals surface area contributed by atoms with Gasteiger partial charge in [0.25, 0.3) is 5.78 Å². The van der Waals surface area contributed by atoms with Gasteiger partial charge in [-0.2, -0.15) is 14.6 Å². The van der Waals surface area contributed by atoms with Gasteiger partial charge in [-0.05, 0) is 26.0 Å². The van der Waals surface area contributed by atoms with Crippen molar-refractivity contribution in [1.82, 2.24) is 19.6 Å². The van der Waals surface area contributed by atoms with Crippen LogP contribution in [0.15, 0.2) is 29.6 Å². The van der Waals surface area contributed by atoms with Crippen LogP contribution in [-0.2, 0) is 9.53 Å². The molecule has 22 heavy (non-hydrogen) atoms. The van der Waals surface area contributed by atoms with Crippen molar-refractivity contribution in [2.75, 3.05) is 7.11 Å². The Bertz CT molecular complexity index is 875. The predicted molar refractivity (Wildman–Crippen MR) is 79.1 cm³/mol. The van der Waals surface area contributed by atoms with Gasteiger partial charge in [0.05, 0.1) is 18.5 Å². The number of ketones is 1. The van der Waals surface area contributed by atoms with Crippen LogP contribution in [0.2, 0.25) is 0 Å². The first-order valence-corrected chi connectivity index (χ1v) is 6.63. The highest BCUT2D eigenvalue weighted by Gasteiger charge is 2.19. The molecule has 1 aliphatic rings. The van der Waals surface area contributed by atoms with E-state index < -0.39 is 0 Å². The van der Waals surface area contributed by atoms with Crippen LogP contribution in [0.1, 0.15) is 17.1 Å². The van der Waals surface area contributed by atoms with Gasteiger partial charge in [0.1, 0.15) is 5.69 Å². The van der Waals surface area contributed by atoms with Crippen molar-refractivity contribution in [3.63, 3.8) is 0 Å². The number of aryl methyl sites for hydroxylation is 2. The molecule has 0 spiro atoms. The van der Waals surface area contributed by atoms with Crippen LogP contribution in [0.4, 0.5) is 0 Å². The van der Waals surface area contributed by atoms with Gasteiger partial charge in [-0.3, -0.25) is 4.79 Å². The molecule has 0 aliphatic heterocycles. The number of carbonyl (C=O) groups excluding carboxylic acids is 1. The lowest BCUT2D eigenvalue weighted by Gasteiger charge is -2.09. The van der Waals surface area contributed by atoms with Crippen LogP contribution in [0.5, 0.6) is 5.88 Å². The van der Waals surface area contributed by atoms with E-state index in [1.165, 1.54) is 17.7 Å². The molecule has 0 saturated carbocycles. The molecule has 0 saturated heterocycles. The number of methoxy groups -OCH3 is 1. The highest BCUT2D eigenvalue weighted by molar-refractivity contribution is 6.12. The third-order valence-corrected chi connectivity index (χ3v) is 3.42. The highest BCUT2D eigenvalue weighted by atomic mass is 16.5. The minimum absolute atomic E-state index is 0.229. The third kappa shape index (κ3) is 2.16. The number of aromatic nitrogens is 4. The molecular weight excluding hydrogens is 284 g/mol. The van der Waals surface area contributed by atoms with Gasteiger partial charge in [-0.1, -0.05) is 12.2 Å². The summed E-state index contributed by atoms with van der Waals surface area (Å²) >= 11 is 0. The molecule has 0 atom stereocenters. The van der Waals surface area contributed by atoms with Crippen LogP contribution >= 0.6 is 0 Å². The van der Waals surface area contributed by atoms with Crippen molar-refractivity contribution in [3.05, 3.63) is 46.6 Å². The van der Waals surface area contributed by atoms with E-state index in [0.29, 0.717) is 17.0 Å². The number of hydrogen-bond donors (Lipinski definition) is 1. The lowest BCUT2D eigenvalue weighted by molar-refractivity contribution is -0.114. The second kappa shape index (κ2) is 5.10. The maximum Gasteiger partial charge on any atom is 0.254 e. The van der Waals surface area contributed by atoms with Gasteiger partial charge >= 0.3 is 0 Å². The topological polar surface area (TPSA) is 89.6 Å². The summed E-state index contributed by atoms with van der Waals surface area (Å²) in [6.45, 7) is 3.63. The number of hydrogen-bond acceptors (Lipinski definition) is 6. The number of rotatable bonds is 2. The Morgan fingerprint density at radius 2 is 2.05 bits per heavy atom. The lowest BCUT2D eigenvalue weighted by Crippen LogP contribution is -2.09. The fraction of sp³-hybridized carbons (Fsp3) is 0.200. The Kier molecular flexibility index (Phi) is 3.25. The maximum atomic E-state index is 12.2. The van der Waals surface area contributed by atoms with E-state index >= 15 is 0 Å². The molecule has 0 unspecified atom stereocenters. The number of imidazole rings is 1. The average Bonchev–Trinajstić information content (AvgIpc) is 2.77. The molecule has 0 amide bonds. The van der Waals surface area contributed by atoms with Crippen molar-refractivity contribution in [2.24, 2.45) is 0 Å². The van der Waals surface area contributed by atoms with Crippen molar-refractivity contribution in [1.29, 1.82) is 0 Å². The first kappa shape index (κ1) is 14.0. The number of allylic oxidation sites excluding steroid dienone is 4. The predicted octanol–water partition coefficient (Wildman–Crippen LogP) is 1.50. The van der Waals surface area contributed by atoms with E-state index in [2.05, 4.69) is 15.1 Å². The molecule has 0 fully saturated rings. The first-order chi connectivity index (χ1) is 10.5. The number of ether oxygens (including phenoxy) is 1. The van der Waals surface area contributed by atoms with Crippen molar-refractivity contribution in [3.8, 4) is 5.88 Å². The molecule has 7 heteroatoms. The van der Waals surface area contributed by atoms with Gasteiger partial charge in [0.2, 0.25) is 11.7 Å². The lowest BCUT2D eigenvalue weighted by atomic mass is 10.0. The summed E-state index contributed by atoms with van der Waals surface area (Å²) in [6.07, 6.45) is 6.44. The van der Waals surface area contributed by atoms with Crippen LogP contribution in [0.3, 0.4) is 0 Å². The number of aromatic hydroxyl groups is 1. The Morgan fingerprint density at radius 1 is 1.27 bits per heavy atom. The maximum absolute atomic E-state index is 12.2. The quantitative estimate of drug-likeness (QED) is 0.845. The molecule has 0 aromatic carbocycles. The monoisotopic (exact) mass is 298 g/mol. The molecule has 0 bridgehead atoms. The largest absolute Gasteiger partial charge is 0.493 e. The Balaban J connectivity index is 2.15. The molecule has 7 nitrogen and oxygen atoms in total.